The van der Waals surface area contributed by atoms with Crippen LogP contribution in [0, 0.1) is 0 Å². The highest BCUT2D eigenvalue weighted by Gasteiger charge is 2.29. The number of para-hydroxylation sites is 1. The maximum Gasteiger partial charge on any atom is 0.243 e. The van der Waals surface area contributed by atoms with Crippen molar-refractivity contribution in [1.29, 1.82) is 0 Å². The zero-order chi connectivity index (χ0) is 20.7. The summed E-state index contributed by atoms with van der Waals surface area (Å²) in [7, 11) is -3.53. The van der Waals surface area contributed by atoms with Gasteiger partial charge >= 0.3 is 0 Å². The summed E-state index contributed by atoms with van der Waals surface area (Å²) in [5.41, 5.74) is 0.947. The molecule has 1 fully saturated rings. The second kappa shape index (κ2) is 7.54. The zero-order valence-corrected chi connectivity index (χ0v) is 17.8. The fourth-order valence-corrected chi connectivity index (χ4v) is 5.57. The van der Waals surface area contributed by atoms with Gasteiger partial charge in [0.25, 0.3) is 0 Å². The van der Waals surface area contributed by atoms with Crippen LogP contribution in [0.5, 0.6) is 0 Å². The Kier molecular flexibility index (Phi) is 4.85. The number of hydrogen-bond acceptors (Lipinski definition) is 4. The molecule has 4 aromatic rings. The van der Waals surface area contributed by atoms with Crippen molar-refractivity contribution >= 4 is 49.1 Å². The highest BCUT2D eigenvalue weighted by atomic mass is 35.5. The summed E-state index contributed by atoms with van der Waals surface area (Å²) in [6, 6.07) is 22.7. The average molecular weight is 438 g/mol. The standard InChI is InChI=1S/C23H20ClN3O2S/c24-17-9-11-18(12-10-17)30(28,29)27-15-13-26(14-16-27)23-21-7-2-1-5-19(21)20-6-3-4-8-22(20)25-23/h1-12H,13-16H2. The van der Waals surface area contributed by atoms with Gasteiger partial charge in [-0.2, -0.15) is 4.31 Å². The predicted octanol–water partition coefficient (Wildman–Crippen LogP) is 4.55. The Labute approximate surface area is 180 Å². The van der Waals surface area contributed by atoms with E-state index < -0.39 is 10.0 Å². The summed E-state index contributed by atoms with van der Waals surface area (Å²) < 4.78 is 27.5. The lowest BCUT2D eigenvalue weighted by atomic mass is 10.1. The smallest absolute Gasteiger partial charge is 0.243 e. The molecule has 0 N–H and O–H groups in total. The summed E-state index contributed by atoms with van der Waals surface area (Å²) in [6.07, 6.45) is 0. The minimum atomic E-state index is -3.53. The maximum absolute atomic E-state index is 13.0. The van der Waals surface area contributed by atoms with Gasteiger partial charge in [0.1, 0.15) is 5.82 Å². The number of benzene rings is 3. The number of pyridine rings is 1. The van der Waals surface area contributed by atoms with Crippen LogP contribution in [0.25, 0.3) is 21.7 Å². The van der Waals surface area contributed by atoms with Crippen molar-refractivity contribution in [3.8, 4) is 0 Å². The Morgan fingerprint density at radius 2 is 1.33 bits per heavy atom. The molecule has 0 amide bonds. The zero-order valence-electron chi connectivity index (χ0n) is 16.2. The third-order valence-electron chi connectivity index (χ3n) is 5.58. The molecule has 1 aromatic heterocycles. The van der Waals surface area contributed by atoms with Crippen molar-refractivity contribution in [3.63, 3.8) is 0 Å². The molecule has 0 atom stereocenters. The Balaban J connectivity index is 1.45. The van der Waals surface area contributed by atoms with Crippen molar-refractivity contribution < 1.29 is 8.42 Å². The average Bonchev–Trinajstić information content (AvgIpc) is 2.79. The van der Waals surface area contributed by atoms with E-state index in [4.69, 9.17) is 16.6 Å². The van der Waals surface area contributed by atoms with Crippen LogP contribution in [-0.2, 0) is 10.0 Å². The molecule has 0 spiro atoms. The largest absolute Gasteiger partial charge is 0.353 e. The van der Waals surface area contributed by atoms with E-state index in [0.717, 1.165) is 27.5 Å². The Morgan fingerprint density at radius 3 is 2.03 bits per heavy atom. The Hall–Kier alpha value is -2.67. The summed E-state index contributed by atoms with van der Waals surface area (Å²) in [4.78, 5) is 7.38. The molecule has 3 aromatic carbocycles. The molecule has 1 aliphatic rings. The molecule has 152 valence electrons. The Bertz CT molecular complexity index is 1330. The maximum atomic E-state index is 13.0. The number of piperazine rings is 1. The molecular formula is C23H20ClN3O2S. The number of hydrogen-bond donors (Lipinski definition) is 0. The van der Waals surface area contributed by atoms with Crippen molar-refractivity contribution in [2.24, 2.45) is 0 Å². The van der Waals surface area contributed by atoms with Gasteiger partial charge in [0.05, 0.1) is 10.4 Å². The Morgan fingerprint density at radius 1 is 0.733 bits per heavy atom. The van der Waals surface area contributed by atoms with Gasteiger partial charge in [-0.15, -0.1) is 0 Å². The molecule has 0 aliphatic carbocycles. The van der Waals surface area contributed by atoms with Crippen molar-refractivity contribution in [3.05, 3.63) is 77.8 Å². The molecule has 1 aliphatic heterocycles. The van der Waals surface area contributed by atoms with Crippen LogP contribution < -0.4 is 4.90 Å². The van der Waals surface area contributed by atoms with Crippen molar-refractivity contribution in [1.82, 2.24) is 9.29 Å². The van der Waals surface area contributed by atoms with Crippen LogP contribution in [0.2, 0.25) is 5.02 Å². The molecule has 0 bridgehead atoms. The quantitative estimate of drug-likeness (QED) is 0.441. The number of fused-ring (bicyclic) bond motifs is 3. The summed E-state index contributed by atoms with van der Waals surface area (Å²) in [5.74, 6) is 0.910. The lowest BCUT2D eigenvalue weighted by Crippen LogP contribution is -2.49. The van der Waals surface area contributed by atoms with E-state index in [2.05, 4.69) is 23.1 Å². The van der Waals surface area contributed by atoms with E-state index >= 15 is 0 Å². The predicted molar refractivity (Wildman–Crippen MR) is 122 cm³/mol. The van der Waals surface area contributed by atoms with E-state index in [9.17, 15) is 8.42 Å². The van der Waals surface area contributed by atoms with E-state index in [0.29, 0.717) is 31.2 Å². The van der Waals surface area contributed by atoms with Gasteiger partial charge < -0.3 is 4.90 Å². The topological polar surface area (TPSA) is 53.5 Å². The van der Waals surface area contributed by atoms with Crippen LogP contribution in [0.1, 0.15) is 0 Å². The van der Waals surface area contributed by atoms with Crippen molar-refractivity contribution in [2.75, 3.05) is 31.1 Å². The first kappa shape index (κ1) is 19.3. The number of anilines is 1. The molecule has 7 heteroatoms. The number of aromatic nitrogens is 1. The summed E-state index contributed by atoms with van der Waals surface area (Å²) >= 11 is 5.90. The SMILES string of the molecule is O=S(=O)(c1ccc(Cl)cc1)N1CCN(c2nc3ccccc3c3ccccc23)CC1. The summed E-state index contributed by atoms with van der Waals surface area (Å²) in [5, 5.41) is 3.90. The van der Waals surface area contributed by atoms with Gasteiger partial charge in [0, 0.05) is 42.0 Å². The van der Waals surface area contributed by atoms with Crippen LogP contribution >= 0.6 is 11.6 Å². The second-order valence-electron chi connectivity index (χ2n) is 7.34. The van der Waals surface area contributed by atoms with Crippen LogP contribution in [0.4, 0.5) is 5.82 Å². The molecule has 0 saturated carbocycles. The first-order valence-electron chi connectivity index (χ1n) is 9.82. The molecule has 1 saturated heterocycles. The highest BCUT2D eigenvalue weighted by molar-refractivity contribution is 7.89. The molecule has 2 heterocycles. The first-order chi connectivity index (χ1) is 14.5. The van der Waals surface area contributed by atoms with Gasteiger partial charge in [-0.25, -0.2) is 13.4 Å². The third-order valence-corrected chi connectivity index (χ3v) is 7.74. The van der Waals surface area contributed by atoms with Gasteiger partial charge in [-0.3, -0.25) is 0 Å². The normalized spacial score (nSPS) is 15.7. The van der Waals surface area contributed by atoms with Crippen molar-refractivity contribution in [2.45, 2.75) is 4.90 Å². The lowest BCUT2D eigenvalue weighted by molar-refractivity contribution is 0.384. The molecular weight excluding hydrogens is 418 g/mol. The van der Waals surface area contributed by atoms with Crippen LogP contribution in [0.3, 0.4) is 0 Å². The molecule has 5 rings (SSSR count). The number of nitrogens with zero attached hydrogens (tertiary/aromatic N) is 3. The van der Waals surface area contributed by atoms with Crippen LogP contribution in [-0.4, -0.2) is 43.9 Å². The van der Waals surface area contributed by atoms with E-state index in [-0.39, 0.29) is 4.90 Å². The van der Waals surface area contributed by atoms with Gasteiger partial charge in [0.2, 0.25) is 10.0 Å². The fourth-order valence-electron chi connectivity index (χ4n) is 4.02. The minimum absolute atomic E-state index is 0.273. The van der Waals surface area contributed by atoms with Gasteiger partial charge in [-0.1, -0.05) is 54.1 Å². The van der Waals surface area contributed by atoms with E-state index in [1.165, 1.54) is 4.31 Å². The number of halogens is 1. The summed E-state index contributed by atoms with van der Waals surface area (Å²) in [6.45, 7) is 1.99. The monoisotopic (exact) mass is 437 g/mol. The van der Waals surface area contributed by atoms with E-state index in [1.807, 2.05) is 30.3 Å². The fraction of sp³-hybridized carbons (Fsp3) is 0.174. The van der Waals surface area contributed by atoms with E-state index in [1.54, 1.807) is 24.3 Å². The molecule has 0 unspecified atom stereocenters. The van der Waals surface area contributed by atoms with Gasteiger partial charge in [0.15, 0.2) is 0 Å². The first-order valence-corrected chi connectivity index (χ1v) is 11.6. The molecule has 5 nitrogen and oxygen atoms in total. The molecule has 30 heavy (non-hydrogen) atoms. The lowest BCUT2D eigenvalue weighted by Gasteiger charge is -2.35. The highest BCUT2D eigenvalue weighted by Crippen LogP contribution is 2.32. The second-order valence-corrected chi connectivity index (χ2v) is 9.72. The number of sulfonamides is 1. The molecule has 0 radical (unpaired) electrons. The number of rotatable bonds is 3. The third kappa shape index (κ3) is 3.31. The van der Waals surface area contributed by atoms with Gasteiger partial charge in [-0.05, 0) is 35.7 Å². The van der Waals surface area contributed by atoms with Crippen LogP contribution in [0.15, 0.2) is 77.7 Å². The minimum Gasteiger partial charge on any atom is -0.353 e.